The van der Waals surface area contributed by atoms with Gasteiger partial charge in [-0.2, -0.15) is 0 Å². The van der Waals surface area contributed by atoms with Gasteiger partial charge in [0.15, 0.2) is 0 Å². The third-order valence-electron chi connectivity index (χ3n) is 2.50. The van der Waals surface area contributed by atoms with Gasteiger partial charge in [0.25, 0.3) is 0 Å². The molecule has 0 fully saturated rings. The first-order valence-electron chi connectivity index (χ1n) is 5.47. The Hall–Kier alpha value is -1.85. The second kappa shape index (κ2) is 6.07. The average Bonchev–Trinajstić information content (AvgIpc) is 2.42. The summed E-state index contributed by atoms with van der Waals surface area (Å²) in [5, 5.41) is 11.4. The zero-order valence-electron chi connectivity index (χ0n) is 9.98. The van der Waals surface area contributed by atoms with Gasteiger partial charge in [-0.1, -0.05) is 11.6 Å². The van der Waals surface area contributed by atoms with Crippen LogP contribution < -0.4 is 4.74 Å². The Bertz CT molecular complexity index is 664. The first-order chi connectivity index (χ1) is 9.51. The van der Waals surface area contributed by atoms with E-state index in [2.05, 4.69) is 0 Å². The summed E-state index contributed by atoms with van der Waals surface area (Å²) in [5.41, 5.74) is 0.123. The van der Waals surface area contributed by atoms with Gasteiger partial charge in [0, 0.05) is 10.6 Å². The van der Waals surface area contributed by atoms with E-state index < -0.39 is 16.4 Å². The summed E-state index contributed by atoms with van der Waals surface area (Å²) in [5.74, 6) is -0.313. The van der Waals surface area contributed by atoms with Gasteiger partial charge in [0.2, 0.25) is 5.75 Å². The van der Waals surface area contributed by atoms with Crippen molar-refractivity contribution in [3.05, 3.63) is 62.9 Å². The summed E-state index contributed by atoms with van der Waals surface area (Å²) in [4.78, 5) is 10.2. The number of nitrogens with zero attached hydrogens (tertiary/aromatic N) is 1. The zero-order valence-corrected chi connectivity index (χ0v) is 11.5. The molecule has 0 aromatic heterocycles. The van der Waals surface area contributed by atoms with Crippen LogP contribution in [0.5, 0.6) is 11.5 Å². The lowest BCUT2D eigenvalue weighted by Crippen LogP contribution is -1.96. The van der Waals surface area contributed by atoms with Gasteiger partial charge in [-0.25, -0.2) is 4.39 Å². The van der Waals surface area contributed by atoms with Crippen LogP contribution >= 0.6 is 23.2 Å². The molecule has 20 heavy (non-hydrogen) atoms. The van der Waals surface area contributed by atoms with E-state index in [1.54, 1.807) is 18.2 Å². The lowest BCUT2D eigenvalue weighted by atomic mass is 10.2. The fourth-order valence-electron chi connectivity index (χ4n) is 1.59. The molecule has 0 N–H and O–H groups in total. The number of rotatable bonds is 4. The molecule has 2 aromatic carbocycles. The second-order valence-corrected chi connectivity index (χ2v) is 4.56. The zero-order chi connectivity index (χ0) is 14.7. The Kier molecular flexibility index (Phi) is 4.42. The lowest BCUT2D eigenvalue weighted by molar-refractivity contribution is -0.385. The molecule has 0 heterocycles. The minimum Gasteiger partial charge on any atom is -0.450 e. The largest absolute Gasteiger partial charge is 0.450 e. The Morgan fingerprint density at radius 3 is 2.55 bits per heavy atom. The molecule has 2 aromatic rings. The van der Waals surface area contributed by atoms with Crippen molar-refractivity contribution in [3.8, 4) is 11.5 Å². The number of benzene rings is 2. The maximum Gasteiger partial charge on any atom is 0.314 e. The molecule has 104 valence electrons. The molecule has 0 atom stereocenters. The van der Waals surface area contributed by atoms with Crippen LogP contribution in [0.25, 0.3) is 0 Å². The monoisotopic (exact) mass is 315 g/mol. The smallest absolute Gasteiger partial charge is 0.314 e. The molecule has 0 spiro atoms. The van der Waals surface area contributed by atoms with Gasteiger partial charge in [-0.05, 0) is 30.3 Å². The van der Waals surface area contributed by atoms with E-state index in [9.17, 15) is 14.5 Å². The van der Waals surface area contributed by atoms with Crippen LogP contribution in [-0.2, 0) is 5.88 Å². The number of alkyl halides is 1. The van der Waals surface area contributed by atoms with Crippen LogP contribution in [-0.4, -0.2) is 4.92 Å². The summed E-state index contributed by atoms with van der Waals surface area (Å²) in [7, 11) is 0. The van der Waals surface area contributed by atoms with Crippen molar-refractivity contribution in [2.75, 3.05) is 0 Å². The maximum absolute atomic E-state index is 13.0. The van der Waals surface area contributed by atoms with Gasteiger partial charge in [0.1, 0.15) is 11.6 Å². The van der Waals surface area contributed by atoms with Crippen molar-refractivity contribution < 1.29 is 14.1 Å². The fraction of sp³-hybridized carbons (Fsp3) is 0.0769. The summed E-state index contributed by atoms with van der Waals surface area (Å²) in [6.45, 7) is 0. The molecule has 0 bridgehead atoms. The highest BCUT2D eigenvalue weighted by Gasteiger charge is 2.18. The topological polar surface area (TPSA) is 52.4 Å². The van der Waals surface area contributed by atoms with E-state index in [-0.39, 0.29) is 11.6 Å². The van der Waals surface area contributed by atoms with Gasteiger partial charge >= 0.3 is 5.69 Å². The van der Waals surface area contributed by atoms with Crippen LogP contribution in [0.4, 0.5) is 10.1 Å². The average molecular weight is 316 g/mol. The van der Waals surface area contributed by atoms with Crippen molar-refractivity contribution in [1.82, 2.24) is 0 Å². The molecule has 7 heteroatoms. The molecule has 2 rings (SSSR count). The molecule has 0 unspecified atom stereocenters. The standard InChI is InChI=1S/C13H8Cl2FNO3/c14-7-8-5-9(15)1-3-12(8)20-13-4-2-10(16)6-11(13)17(18)19/h1-6H,7H2. The molecule has 4 nitrogen and oxygen atoms in total. The van der Waals surface area contributed by atoms with Crippen molar-refractivity contribution in [3.63, 3.8) is 0 Å². The normalized spacial score (nSPS) is 10.3. The Morgan fingerprint density at radius 1 is 1.20 bits per heavy atom. The van der Waals surface area contributed by atoms with Crippen LogP contribution in [0.15, 0.2) is 36.4 Å². The minimum absolute atomic E-state index is 0.0647. The van der Waals surface area contributed by atoms with Crippen LogP contribution in [0.3, 0.4) is 0 Å². The molecule has 0 radical (unpaired) electrons. The van der Waals surface area contributed by atoms with E-state index in [1.807, 2.05) is 0 Å². The number of ether oxygens (including phenoxy) is 1. The first kappa shape index (κ1) is 14.6. The van der Waals surface area contributed by atoms with E-state index in [0.717, 1.165) is 12.1 Å². The number of nitro benzene ring substituents is 1. The Balaban J connectivity index is 2.42. The lowest BCUT2D eigenvalue weighted by Gasteiger charge is -2.10. The maximum atomic E-state index is 13.0. The Labute approximate surface area is 123 Å². The van der Waals surface area contributed by atoms with Crippen molar-refractivity contribution >= 4 is 28.9 Å². The van der Waals surface area contributed by atoms with E-state index in [1.165, 1.54) is 6.07 Å². The molecular weight excluding hydrogens is 308 g/mol. The highest BCUT2D eigenvalue weighted by molar-refractivity contribution is 6.30. The summed E-state index contributed by atoms with van der Waals surface area (Å²) in [6, 6.07) is 7.79. The van der Waals surface area contributed by atoms with Gasteiger partial charge < -0.3 is 4.74 Å². The number of hydrogen-bond acceptors (Lipinski definition) is 3. The predicted octanol–water partition coefficient (Wildman–Crippen LogP) is 4.92. The van der Waals surface area contributed by atoms with Crippen LogP contribution in [0, 0.1) is 15.9 Å². The van der Waals surface area contributed by atoms with Crippen molar-refractivity contribution in [1.29, 1.82) is 0 Å². The third-order valence-corrected chi connectivity index (χ3v) is 3.03. The van der Waals surface area contributed by atoms with Crippen LogP contribution in [0.1, 0.15) is 5.56 Å². The molecule has 0 aliphatic heterocycles. The summed E-state index contributed by atoms with van der Waals surface area (Å²) >= 11 is 11.6. The quantitative estimate of drug-likeness (QED) is 0.457. The molecule has 0 aliphatic rings. The van der Waals surface area contributed by atoms with E-state index in [4.69, 9.17) is 27.9 Å². The third kappa shape index (κ3) is 3.18. The van der Waals surface area contributed by atoms with E-state index >= 15 is 0 Å². The molecule has 0 saturated carbocycles. The molecule has 0 aliphatic carbocycles. The first-order valence-corrected chi connectivity index (χ1v) is 6.38. The van der Waals surface area contributed by atoms with Gasteiger partial charge in [0.05, 0.1) is 16.9 Å². The van der Waals surface area contributed by atoms with Crippen molar-refractivity contribution in [2.45, 2.75) is 5.88 Å². The highest BCUT2D eigenvalue weighted by atomic mass is 35.5. The Morgan fingerprint density at radius 2 is 1.90 bits per heavy atom. The summed E-state index contributed by atoms with van der Waals surface area (Å²) < 4.78 is 18.5. The predicted molar refractivity (Wildman–Crippen MR) is 74.1 cm³/mol. The minimum atomic E-state index is -0.714. The molecular formula is C13H8Cl2FNO3. The highest BCUT2D eigenvalue weighted by Crippen LogP contribution is 2.34. The molecule has 0 saturated heterocycles. The SMILES string of the molecule is O=[N+]([O-])c1cc(F)ccc1Oc1ccc(Cl)cc1CCl. The number of hydrogen-bond donors (Lipinski definition) is 0. The number of halogens is 3. The van der Waals surface area contributed by atoms with Crippen LogP contribution in [0.2, 0.25) is 5.02 Å². The van der Waals surface area contributed by atoms with Gasteiger partial charge in [-0.15, -0.1) is 11.6 Å². The van der Waals surface area contributed by atoms with E-state index in [0.29, 0.717) is 16.3 Å². The summed E-state index contributed by atoms with van der Waals surface area (Å²) in [6.07, 6.45) is 0. The van der Waals surface area contributed by atoms with Gasteiger partial charge in [-0.3, -0.25) is 10.1 Å². The van der Waals surface area contributed by atoms with Crippen molar-refractivity contribution in [2.24, 2.45) is 0 Å². The number of nitro groups is 1. The fourth-order valence-corrected chi connectivity index (χ4v) is 1.99. The second-order valence-electron chi connectivity index (χ2n) is 3.86. The molecule has 0 amide bonds.